The largest absolute Gasteiger partial charge is 0.220 e. The molecule has 0 aliphatic rings. The lowest BCUT2D eigenvalue weighted by Gasteiger charge is -2.01. The van der Waals surface area contributed by atoms with Crippen LogP contribution < -0.4 is 0 Å². The third-order valence-electron chi connectivity index (χ3n) is 3.04. The maximum absolute atomic E-state index is 13.7. The molecule has 3 aromatic rings. The molecule has 3 rings (SSSR count). The van der Waals surface area contributed by atoms with Crippen molar-refractivity contribution in [3.8, 4) is 16.9 Å². The van der Waals surface area contributed by atoms with Gasteiger partial charge in [0, 0.05) is 16.5 Å². The van der Waals surface area contributed by atoms with E-state index in [1.165, 1.54) is 12.1 Å². The van der Waals surface area contributed by atoms with Crippen LogP contribution in [0.4, 0.5) is 8.78 Å². The topological polar surface area (TPSA) is 30.7 Å². The molecule has 3 nitrogen and oxygen atoms in total. The summed E-state index contributed by atoms with van der Waals surface area (Å²) in [6.45, 7) is 0. The molecule has 0 fully saturated rings. The van der Waals surface area contributed by atoms with Crippen LogP contribution in [0.2, 0.25) is 0 Å². The molecule has 1 aromatic heterocycles. The molecule has 0 radical (unpaired) electrons. The summed E-state index contributed by atoms with van der Waals surface area (Å²) in [6.07, 6.45) is 3.62. The van der Waals surface area contributed by atoms with Gasteiger partial charge in [-0.15, -0.1) is 16.9 Å². The van der Waals surface area contributed by atoms with Gasteiger partial charge in [0.15, 0.2) is 0 Å². The molecule has 6 heteroatoms. The minimum atomic E-state index is -0.653. The van der Waals surface area contributed by atoms with Crippen molar-refractivity contribution in [3.05, 3.63) is 60.3 Å². The van der Waals surface area contributed by atoms with Crippen molar-refractivity contribution in [1.82, 2.24) is 15.0 Å². The Kier molecular flexibility index (Phi) is 3.70. The molecule has 1 heterocycles. The van der Waals surface area contributed by atoms with Crippen molar-refractivity contribution in [2.24, 2.45) is 0 Å². The van der Waals surface area contributed by atoms with Crippen molar-refractivity contribution in [2.75, 3.05) is 6.26 Å². The van der Waals surface area contributed by atoms with E-state index >= 15 is 0 Å². The first-order chi connectivity index (χ1) is 10.2. The molecular formula is C15H11F2N3S. The van der Waals surface area contributed by atoms with Crippen molar-refractivity contribution in [3.63, 3.8) is 0 Å². The van der Waals surface area contributed by atoms with E-state index in [1.807, 2.05) is 30.5 Å². The van der Waals surface area contributed by atoms with E-state index in [2.05, 4.69) is 10.3 Å². The van der Waals surface area contributed by atoms with Gasteiger partial charge >= 0.3 is 0 Å². The van der Waals surface area contributed by atoms with Crippen molar-refractivity contribution < 1.29 is 8.78 Å². The Morgan fingerprint density at radius 1 is 1.05 bits per heavy atom. The second-order valence-corrected chi connectivity index (χ2v) is 5.25. The Balaban J connectivity index is 1.95. The summed E-state index contributed by atoms with van der Waals surface area (Å²) in [5.41, 5.74) is 1.42. The molecule has 0 aliphatic heterocycles. The number of hydrogen-bond acceptors (Lipinski definition) is 3. The summed E-state index contributed by atoms with van der Waals surface area (Å²) < 4.78 is 28.2. The van der Waals surface area contributed by atoms with Gasteiger partial charge in [-0.3, -0.25) is 0 Å². The normalized spacial score (nSPS) is 10.8. The average Bonchev–Trinajstić information content (AvgIpc) is 2.97. The fourth-order valence-corrected chi connectivity index (χ4v) is 2.35. The van der Waals surface area contributed by atoms with Gasteiger partial charge in [0.25, 0.3) is 0 Å². The lowest BCUT2D eigenvalue weighted by Crippen LogP contribution is -1.94. The molecule has 0 unspecified atom stereocenters. The average molecular weight is 303 g/mol. The fraction of sp³-hybridized carbons (Fsp3) is 0.0667. The predicted octanol–water partition coefficient (Wildman–Crippen LogP) is 3.93. The van der Waals surface area contributed by atoms with Gasteiger partial charge in [-0.2, -0.15) is 0 Å². The Morgan fingerprint density at radius 3 is 2.48 bits per heavy atom. The zero-order valence-electron chi connectivity index (χ0n) is 11.1. The smallest absolute Gasteiger partial charge is 0.135 e. The predicted molar refractivity (Wildman–Crippen MR) is 78.5 cm³/mol. The highest BCUT2D eigenvalue weighted by molar-refractivity contribution is 7.98. The molecule has 2 aromatic carbocycles. The van der Waals surface area contributed by atoms with E-state index in [0.29, 0.717) is 5.69 Å². The Labute approximate surface area is 124 Å². The molecule has 0 saturated heterocycles. The molecule has 0 spiro atoms. The fourth-order valence-electron chi connectivity index (χ4n) is 1.95. The van der Waals surface area contributed by atoms with Crippen LogP contribution in [0.3, 0.4) is 0 Å². The van der Waals surface area contributed by atoms with Crippen LogP contribution >= 0.6 is 11.8 Å². The first-order valence-electron chi connectivity index (χ1n) is 6.19. The second kappa shape index (κ2) is 5.65. The first kappa shape index (κ1) is 13.8. The summed E-state index contributed by atoms with van der Waals surface area (Å²) in [7, 11) is 0. The molecule has 106 valence electrons. The summed E-state index contributed by atoms with van der Waals surface area (Å²) in [5.74, 6) is -1.27. The monoisotopic (exact) mass is 303 g/mol. The van der Waals surface area contributed by atoms with E-state index in [0.717, 1.165) is 16.6 Å². The Hall–Kier alpha value is -2.21. The lowest BCUT2D eigenvalue weighted by molar-refractivity contribution is 0.585. The highest BCUT2D eigenvalue weighted by atomic mass is 32.2. The maximum Gasteiger partial charge on any atom is 0.135 e. The summed E-state index contributed by atoms with van der Waals surface area (Å²) in [5, 5.41) is 7.92. The minimum Gasteiger partial charge on any atom is -0.220 e. The van der Waals surface area contributed by atoms with E-state index in [9.17, 15) is 8.78 Å². The molecule has 0 bridgehead atoms. The molecule has 0 amide bonds. The van der Waals surface area contributed by atoms with Gasteiger partial charge in [0.05, 0.1) is 11.9 Å². The standard InChI is InChI=1S/C15H11F2N3S/c1-21-12-5-3-11(4-6-12)20-9-15(18-19-20)13-7-2-10(16)8-14(13)17/h2-9H,1H3. The van der Waals surface area contributed by atoms with Crippen LogP contribution in [0.5, 0.6) is 0 Å². The molecule has 0 atom stereocenters. The van der Waals surface area contributed by atoms with Gasteiger partial charge in [0.1, 0.15) is 17.3 Å². The van der Waals surface area contributed by atoms with E-state index < -0.39 is 11.6 Å². The molecule has 21 heavy (non-hydrogen) atoms. The van der Waals surface area contributed by atoms with E-state index in [4.69, 9.17) is 0 Å². The van der Waals surface area contributed by atoms with E-state index in [1.54, 1.807) is 22.6 Å². The van der Waals surface area contributed by atoms with Gasteiger partial charge < -0.3 is 0 Å². The Morgan fingerprint density at radius 2 is 1.81 bits per heavy atom. The number of rotatable bonds is 3. The number of benzene rings is 2. The van der Waals surface area contributed by atoms with Crippen molar-refractivity contribution in [2.45, 2.75) is 4.90 Å². The third kappa shape index (κ3) is 2.80. The Bertz CT molecular complexity index is 769. The minimum absolute atomic E-state index is 0.225. The number of thioether (sulfide) groups is 1. The highest BCUT2D eigenvalue weighted by Crippen LogP contribution is 2.22. The number of nitrogens with zero attached hydrogens (tertiary/aromatic N) is 3. The van der Waals surface area contributed by atoms with Crippen LogP contribution in [-0.2, 0) is 0 Å². The van der Waals surface area contributed by atoms with Crippen molar-refractivity contribution >= 4 is 11.8 Å². The first-order valence-corrected chi connectivity index (χ1v) is 7.42. The van der Waals surface area contributed by atoms with Gasteiger partial charge in [0.2, 0.25) is 0 Å². The highest BCUT2D eigenvalue weighted by Gasteiger charge is 2.11. The molecular weight excluding hydrogens is 292 g/mol. The second-order valence-electron chi connectivity index (χ2n) is 4.37. The summed E-state index contributed by atoms with van der Waals surface area (Å²) >= 11 is 1.65. The zero-order chi connectivity index (χ0) is 14.8. The van der Waals surface area contributed by atoms with Gasteiger partial charge in [-0.25, -0.2) is 13.5 Å². The van der Waals surface area contributed by atoms with Crippen LogP contribution in [0.25, 0.3) is 16.9 Å². The van der Waals surface area contributed by atoms with Gasteiger partial charge in [-0.1, -0.05) is 5.21 Å². The lowest BCUT2D eigenvalue weighted by atomic mass is 10.1. The van der Waals surface area contributed by atoms with Crippen LogP contribution in [-0.4, -0.2) is 21.2 Å². The molecule has 0 N–H and O–H groups in total. The third-order valence-corrected chi connectivity index (χ3v) is 3.78. The van der Waals surface area contributed by atoms with E-state index in [-0.39, 0.29) is 5.56 Å². The number of halogens is 2. The zero-order valence-corrected chi connectivity index (χ0v) is 11.9. The summed E-state index contributed by atoms with van der Waals surface area (Å²) in [6, 6.07) is 11.2. The van der Waals surface area contributed by atoms with Gasteiger partial charge in [-0.05, 0) is 42.7 Å². The number of aromatic nitrogens is 3. The van der Waals surface area contributed by atoms with Crippen LogP contribution in [0, 0.1) is 11.6 Å². The maximum atomic E-state index is 13.7. The molecule has 0 aliphatic carbocycles. The van der Waals surface area contributed by atoms with Crippen molar-refractivity contribution in [1.29, 1.82) is 0 Å². The molecule has 0 saturated carbocycles. The quantitative estimate of drug-likeness (QED) is 0.687. The SMILES string of the molecule is CSc1ccc(-n2cc(-c3ccc(F)cc3F)nn2)cc1. The number of hydrogen-bond donors (Lipinski definition) is 0. The summed E-state index contributed by atoms with van der Waals surface area (Å²) in [4.78, 5) is 1.14. The van der Waals surface area contributed by atoms with Crippen LogP contribution in [0.1, 0.15) is 0 Å². The van der Waals surface area contributed by atoms with Crippen LogP contribution in [0.15, 0.2) is 53.6 Å².